The lowest BCUT2D eigenvalue weighted by Gasteiger charge is -2.41. The van der Waals surface area contributed by atoms with Crippen LogP contribution >= 0.6 is 0 Å². The maximum atomic E-state index is 14.2. The summed E-state index contributed by atoms with van der Waals surface area (Å²) in [4.78, 5) is 56.6. The molecule has 0 radical (unpaired) electrons. The van der Waals surface area contributed by atoms with E-state index in [-0.39, 0.29) is 24.3 Å². The second-order valence-corrected chi connectivity index (χ2v) is 13.3. The van der Waals surface area contributed by atoms with Gasteiger partial charge in [-0.25, -0.2) is 0 Å². The van der Waals surface area contributed by atoms with Crippen molar-refractivity contribution in [3.8, 4) is 0 Å². The molecule has 0 aromatic heterocycles. The first-order valence-electron chi connectivity index (χ1n) is 15.9. The molecule has 3 amide bonds. The van der Waals surface area contributed by atoms with Gasteiger partial charge in [-0.1, -0.05) is 101 Å². The van der Waals surface area contributed by atoms with Crippen LogP contribution in [0.4, 0.5) is 0 Å². The fraction of sp³-hybridized carbons (Fsp3) is 0.543. The topological polar surface area (TPSA) is 128 Å². The fourth-order valence-corrected chi connectivity index (χ4v) is 6.78. The average molecular weight is 605 g/mol. The number of nitrogens with zero attached hydrogens (tertiary/aromatic N) is 1. The largest absolute Gasteiger partial charge is 0.364 e. The predicted octanol–water partition coefficient (Wildman–Crippen LogP) is 3.51. The highest BCUT2D eigenvalue weighted by Crippen LogP contribution is 2.39. The minimum Gasteiger partial charge on any atom is -0.364 e. The minimum absolute atomic E-state index is 0.0127. The fourth-order valence-electron chi connectivity index (χ4n) is 6.78. The summed E-state index contributed by atoms with van der Waals surface area (Å²) < 4.78 is 0. The van der Waals surface area contributed by atoms with Crippen LogP contribution in [-0.4, -0.2) is 71.5 Å². The van der Waals surface area contributed by atoms with Gasteiger partial charge in [0.25, 0.3) is 0 Å². The summed E-state index contributed by atoms with van der Waals surface area (Å²) in [5, 5.41) is 21.0. The standard InChI is InChI=1S/C35H48N4O5/c1-34(2,3)33(43)35(44,29(24-15-8-5-9-16-24)25-17-10-6-11-18-25)38-31(41)27-21-14-22-39(27)32(42)30(37-28(40)23-36-4)26-19-12-7-13-20-26/h5-6,8-11,15-18,26-27,29-30,36,44H,7,12-14,19-23H2,1-4H3,(H,37,40)(H,38,41)/t27-,30-,35-/m0/s1. The lowest BCUT2D eigenvalue weighted by Crippen LogP contribution is -2.65. The smallest absolute Gasteiger partial charge is 0.246 e. The summed E-state index contributed by atoms with van der Waals surface area (Å²) in [6.07, 6.45) is 5.72. The van der Waals surface area contributed by atoms with Crippen molar-refractivity contribution in [1.82, 2.24) is 20.9 Å². The Balaban J connectivity index is 1.68. The van der Waals surface area contributed by atoms with E-state index in [4.69, 9.17) is 0 Å². The maximum Gasteiger partial charge on any atom is 0.246 e. The Morgan fingerprint density at radius 3 is 1.95 bits per heavy atom. The van der Waals surface area contributed by atoms with Gasteiger partial charge >= 0.3 is 0 Å². The first kappa shape index (κ1) is 33.3. The maximum absolute atomic E-state index is 14.2. The molecule has 1 aliphatic carbocycles. The first-order valence-corrected chi connectivity index (χ1v) is 15.9. The van der Waals surface area contributed by atoms with E-state index in [2.05, 4.69) is 16.0 Å². The Kier molecular flexibility index (Phi) is 11.0. The van der Waals surface area contributed by atoms with Crippen LogP contribution in [0.15, 0.2) is 60.7 Å². The van der Waals surface area contributed by atoms with Gasteiger partial charge < -0.3 is 26.0 Å². The molecule has 2 aromatic carbocycles. The third-order valence-corrected chi connectivity index (χ3v) is 8.90. The van der Waals surface area contributed by atoms with E-state index in [1.165, 1.54) is 4.90 Å². The van der Waals surface area contributed by atoms with Crippen LogP contribution in [0, 0.1) is 11.3 Å². The van der Waals surface area contributed by atoms with E-state index in [9.17, 15) is 24.3 Å². The third-order valence-electron chi connectivity index (χ3n) is 8.90. The molecule has 1 aliphatic heterocycles. The highest BCUT2D eigenvalue weighted by Gasteiger charge is 2.52. The number of carbonyl (C=O) groups excluding carboxylic acids is 4. The minimum atomic E-state index is -2.31. The molecular formula is C35H48N4O5. The second kappa shape index (κ2) is 14.5. The molecule has 2 fully saturated rings. The Labute approximate surface area is 261 Å². The van der Waals surface area contributed by atoms with Gasteiger partial charge in [-0.05, 0) is 49.8 Å². The van der Waals surface area contributed by atoms with Crippen molar-refractivity contribution >= 4 is 23.5 Å². The van der Waals surface area contributed by atoms with Crippen LogP contribution in [0.1, 0.15) is 82.8 Å². The first-order chi connectivity index (χ1) is 21.0. The van der Waals surface area contributed by atoms with Crippen LogP contribution in [0.3, 0.4) is 0 Å². The molecule has 0 unspecified atom stereocenters. The van der Waals surface area contributed by atoms with E-state index in [0.717, 1.165) is 32.1 Å². The third kappa shape index (κ3) is 7.56. The summed E-state index contributed by atoms with van der Waals surface area (Å²) in [6.45, 7) is 5.59. The van der Waals surface area contributed by atoms with Crippen molar-refractivity contribution in [3.63, 3.8) is 0 Å². The van der Waals surface area contributed by atoms with Crippen molar-refractivity contribution in [1.29, 1.82) is 0 Å². The second-order valence-electron chi connectivity index (χ2n) is 13.3. The summed E-state index contributed by atoms with van der Waals surface area (Å²) in [5.74, 6) is -2.59. The summed E-state index contributed by atoms with van der Waals surface area (Å²) >= 11 is 0. The molecule has 2 aliphatic rings. The predicted molar refractivity (Wildman–Crippen MR) is 169 cm³/mol. The van der Waals surface area contributed by atoms with Gasteiger partial charge in [0.1, 0.15) is 12.1 Å². The molecule has 3 atom stereocenters. The summed E-state index contributed by atoms with van der Waals surface area (Å²) in [5.41, 5.74) is -1.97. The average Bonchev–Trinajstić information content (AvgIpc) is 3.51. The van der Waals surface area contributed by atoms with E-state index < -0.39 is 40.8 Å². The number of amides is 3. The van der Waals surface area contributed by atoms with Crippen LogP contribution < -0.4 is 16.0 Å². The van der Waals surface area contributed by atoms with E-state index in [1.54, 1.807) is 27.8 Å². The van der Waals surface area contributed by atoms with Gasteiger partial charge in [-0.2, -0.15) is 0 Å². The van der Waals surface area contributed by atoms with Crippen LogP contribution in [0.5, 0.6) is 0 Å². The Morgan fingerprint density at radius 1 is 0.864 bits per heavy atom. The zero-order chi connectivity index (χ0) is 31.9. The van der Waals surface area contributed by atoms with Gasteiger partial charge in [0.2, 0.25) is 23.4 Å². The van der Waals surface area contributed by atoms with Gasteiger partial charge in [0.15, 0.2) is 5.78 Å². The number of carbonyl (C=O) groups is 4. The molecule has 0 bridgehead atoms. The number of ketones is 1. The van der Waals surface area contributed by atoms with Crippen LogP contribution in [0.2, 0.25) is 0 Å². The number of aliphatic hydroxyl groups is 1. The monoisotopic (exact) mass is 604 g/mol. The quantitative estimate of drug-likeness (QED) is 0.291. The Morgan fingerprint density at radius 2 is 1.43 bits per heavy atom. The van der Waals surface area contributed by atoms with Crippen molar-refractivity contribution in [2.75, 3.05) is 20.1 Å². The lowest BCUT2D eigenvalue weighted by atomic mass is 9.73. The van der Waals surface area contributed by atoms with Crippen molar-refractivity contribution in [3.05, 3.63) is 71.8 Å². The zero-order valence-electron chi connectivity index (χ0n) is 26.5. The van der Waals surface area contributed by atoms with Crippen molar-refractivity contribution in [2.24, 2.45) is 11.3 Å². The molecule has 1 saturated heterocycles. The molecule has 0 spiro atoms. The normalized spacial score (nSPS) is 19.7. The molecule has 44 heavy (non-hydrogen) atoms. The number of hydrogen-bond acceptors (Lipinski definition) is 6. The SMILES string of the molecule is CNCC(=O)N[C@H](C(=O)N1CCC[C@H]1C(=O)N[C@@](O)(C(=O)C(C)(C)C)C(c1ccccc1)c1ccccc1)C1CCCCC1. The van der Waals surface area contributed by atoms with Crippen LogP contribution in [-0.2, 0) is 19.2 Å². The number of likely N-dealkylation sites (tertiary alicyclic amines) is 1. The number of hydrogen-bond donors (Lipinski definition) is 4. The van der Waals surface area contributed by atoms with Crippen LogP contribution in [0.25, 0.3) is 0 Å². The molecule has 238 valence electrons. The molecule has 4 N–H and O–H groups in total. The summed E-state index contributed by atoms with van der Waals surface area (Å²) in [6, 6.07) is 16.8. The number of nitrogens with one attached hydrogen (secondary N) is 3. The van der Waals surface area contributed by atoms with Gasteiger partial charge in [-0.15, -0.1) is 0 Å². The van der Waals surface area contributed by atoms with E-state index in [0.29, 0.717) is 30.5 Å². The number of likely N-dealkylation sites (N-methyl/N-ethyl adjacent to an activating group) is 1. The van der Waals surface area contributed by atoms with Gasteiger partial charge in [-0.3, -0.25) is 19.2 Å². The Hall–Kier alpha value is -3.56. The molecule has 9 nitrogen and oxygen atoms in total. The molecule has 9 heteroatoms. The van der Waals surface area contributed by atoms with Crippen molar-refractivity contribution in [2.45, 2.75) is 89.4 Å². The highest BCUT2D eigenvalue weighted by atomic mass is 16.3. The van der Waals surface area contributed by atoms with Crippen molar-refractivity contribution < 1.29 is 24.3 Å². The number of Topliss-reactive ketones (excluding diaryl/α,β-unsaturated/α-hetero) is 1. The lowest BCUT2D eigenvalue weighted by molar-refractivity contribution is -0.158. The molecular weight excluding hydrogens is 556 g/mol. The van der Waals surface area contributed by atoms with E-state index in [1.807, 2.05) is 60.7 Å². The molecule has 2 aromatic rings. The Bertz CT molecular complexity index is 1250. The molecule has 1 saturated carbocycles. The molecule has 4 rings (SSSR count). The number of benzene rings is 2. The summed E-state index contributed by atoms with van der Waals surface area (Å²) in [7, 11) is 1.68. The number of rotatable bonds is 11. The highest BCUT2D eigenvalue weighted by molar-refractivity contribution is 5.99. The molecule has 1 heterocycles. The zero-order valence-corrected chi connectivity index (χ0v) is 26.5. The van der Waals surface area contributed by atoms with E-state index >= 15 is 0 Å². The van der Waals surface area contributed by atoms with Gasteiger partial charge in [0, 0.05) is 12.0 Å². The van der Waals surface area contributed by atoms with Gasteiger partial charge in [0.05, 0.1) is 12.5 Å².